The van der Waals surface area contributed by atoms with E-state index in [1.54, 1.807) is 19.2 Å². The fraction of sp³-hybridized carbons (Fsp3) is 0.250. The van der Waals surface area contributed by atoms with Crippen molar-refractivity contribution in [2.75, 3.05) is 25.6 Å². The molecule has 0 aromatic heterocycles. The minimum atomic E-state index is -0.405. The summed E-state index contributed by atoms with van der Waals surface area (Å²) < 4.78 is 23.5. The number of rotatable bonds is 7. The molecule has 21 heavy (non-hydrogen) atoms. The summed E-state index contributed by atoms with van der Waals surface area (Å²) in [6, 6.07) is 12.3. The zero-order chi connectivity index (χ0) is 15.1. The van der Waals surface area contributed by atoms with E-state index in [9.17, 15) is 4.39 Å². The standard InChI is InChI=1S/C16H17ClFNO2/c1-20-8-9-21-14-5-3-13(4-6-14)19-11-12-2-7-16(18)15(17)10-12/h2-7,10,19H,8-9,11H2,1H3. The van der Waals surface area contributed by atoms with Crippen molar-refractivity contribution < 1.29 is 13.9 Å². The summed E-state index contributed by atoms with van der Waals surface area (Å²) in [4.78, 5) is 0. The second-order valence-electron chi connectivity index (χ2n) is 4.47. The van der Waals surface area contributed by atoms with Crippen molar-refractivity contribution in [3.63, 3.8) is 0 Å². The first-order valence-electron chi connectivity index (χ1n) is 6.58. The number of hydrogen-bond donors (Lipinski definition) is 1. The predicted octanol–water partition coefficient (Wildman–Crippen LogP) is 4.12. The Morgan fingerprint density at radius 3 is 2.52 bits per heavy atom. The Labute approximate surface area is 128 Å². The van der Waals surface area contributed by atoms with Gasteiger partial charge in [-0.05, 0) is 42.0 Å². The molecule has 112 valence electrons. The second-order valence-corrected chi connectivity index (χ2v) is 4.87. The topological polar surface area (TPSA) is 30.5 Å². The lowest BCUT2D eigenvalue weighted by Crippen LogP contribution is -2.04. The third kappa shape index (κ3) is 4.92. The van der Waals surface area contributed by atoms with Crippen molar-refractivity contribution in [1.82, 2.24) is 0 Å². The van der Waals surface area contributed by atoms with Crippen LogP contribution in [-0.2, 0) is 11.3 Å². The number of ether oxygens (including phenoxy) is 2. The van der Waals surface area contributed by atoms with Crippen LogP contribution in [0.2, 0.25) is 5.02 Å². The molecule has 0 atom stereocenters. The summed E-state index contributed by atoms with van der Waals surface area (Å²) in [5, 5.41) is 3.38. The molecule has 0 heterocycles. The summed E-state index contributed by atoms with van der Waals surface area (Å²) >= 11 is 5.75. The molecule has 3 nitrogen and oxygen atoms in total. The van der Waals surface area contributed by atoms with Crippen LogP contribution in [0.1, 0.15) is 5.56 Å². The van der Waals surface area contributed by atoms with Gasteiger partial charge >= 0.3 is 0 Å². The van der Waals surface area contributed by atoms with Gasteiger partial charge in [0, 0.05) is 19.3 Å². The number of nitrogens with one attached hydrogen (secondary N) is 1. The predicted molar refractivity (Wildman–Crippen MR) is 82.5 cm³/mol. The van der Waals surface area contributed by atoms with E-state index in [1.807, 2.05) is 24.3 Å². The van der Waals surface area contributed by atoms with Gasteiger partial charge < -0.3 is 14.8 Å². The fourth-order valence-corrected chi connectivity index (χ4v) is 1.97. The Morgan fingerprint density at radius 1 is 1.10 bits per heavy atom. The number of hydrogen-bond acceptors (Lipinski definition) is 3. The van der Waals surface area contributed by atoms with Crippen molar-refractivity contribution in [1.29, 1.82) is 0 Å². The van der Waals surface area contributed by atoms with E-state index < -0.39 is 5.82 Å². The van der Waals surface area contributed by atoms with E-state index >= 15 is 0 Å². The van der Waals surface area contributed by atoms with Crippen LogP contribution in [0, 0.1) is 5.82 Å². The summed E-state index contributed by atoms with van der Waals surface area (Å²) in [5.74, 6) is 0.389. The normalized spacial score (nSPS) is 10.4. The van der Waals surface area contributed by atoms with Gasteiger partial charge in [0.2, 0.25) is 0 Å². The molecule has 0 saturated carbocycles. The van der Waals surface area contributed by atoms with Crippen LogP contribution in [0.5, 0.6) is 5.75 Å². The van der Waals surface area contributed by atoms with Crippen molar-refractivity contribution in [3.05, 3.63) is 58.9 Å². The first-order chi connectivity index (χ1) is 10.2. The van der Waals surface area contributed by atoms with Crippen molar-refractivity contribution in [2.24, 2.45) is 0 Å². The average Bonchev–Trinajstić information content (AvgIpc) is 2.50. The molecule has 0 radical (unpaired) electrons. The fourth-order valence-electron chi connectivity index (χ4n) is 1.77. The second kappa shape index (κ2) is 7.86. The van der Waals surface area contributed by atoms with E-state index in [0.29, 0.717) is 19.8 Å². The van der Waals surface area contributed by atoms with Gasteiger partial charge in [-0.1, -0.05) is 17.7 Å². The molecule has 0 saturated heterocycles. The maximum atomic E-state index is 13.1. The zero-order valence-corrected chi connectivity index (χ0v) is 12.5. The maximum Gasteiger partial charge on any atom is 0.141 e. The Bertz CT molecular complexity index is 575. The number of methoxy groups -OCH3 is 1. The molecule has 0 bridgehead atoms. The molecule has 1 N–H and O–H groups in total. The molecule has 2 aromatic carbocycles. The highest BCUT2D eigenvalue weighted by Crippen LogP contribution is 2.19. The molecule has 2 rings (SSSR count). The van der Waals surface area contributed by atoms with E-state index in [4.69, 9.17) is 21.1 Å². The Kier molecular flexibility index (Phi) is 5.84. The van der Waals surface area contributed by atoms with Crippen LogP contribution in [0.3, 0.4) is 0 Å². The van der Waals surface area contributed by atoms with Gasteiger partial charge in [0.05, 0.1) is 11.6 Å². The summed E-state index contributed by atoms with van der Waals surface area (Å²) in [7, 11) is 1.64. The van der Waals surface area contributed by atoms with Gasteiger partial charge in [0.1, 0.15) is 18.2 Å². The van der Waals surface area contributed by atoms with Gasteiger partial charge in [-0.2, -0.15) is 0 Å². The highest BCUT2D eigenvalue weighted by atomic mass is 35.5. The van der Waals surface area contributed by atoms with Crippen molar-refractivity contribution in [3.8, 4) is 5.75 Å². The van der Waals surface area contributed by atoms with E-state index in [0.717, 1.165) is 17.0 Å². The third-order valence-electron chi connectivity index (χ3n) is 2.89. The van der Waals surface area contributed by atoms with Gasteiger partial charge in [0.15, 0.2) is 0 Å². The molecule has 0 fully saturated rings. The van der Waals surface area contributed by atoms with E-state index in [1.165, 1.54) is 6.07 Å². The lowest BCUT2D eigenvalue weighted by molar-refractivity contribution is 0.146. The van der Waals surface area contributed by atoms with Crippen LogP contribution in [0.25, 0.3) is 0 Å². The van der Waals surface area contributed by atoms with Gasteiger partial charge in [-0.15, -0.1) is 0 Å². The van der Waals surface area contributed by atoms with Gasteiger partial charge in [0.25, 0.3) is 0 Å². The molecule has 0 aliphatic heterocycles. The lowest BCUT2D eigenvalue weighted by atomic mass is 10.2. The molecular weight excluding hydrogens is 293 g/mol. The monoisotopic (exact) mass is 309 g/mol. The largest absolute Gasteiger partial charge is 0.491 e. The third-order valence-corrected chi connectivity index (χ3v) is 3.18. The quantitative estimate of drug-likeness (QED) is 0.781. The minimum Gasteiger partial charge on any atom is -0.491 e. The molecule has 0 aliphatic carbocycles. The number of anilines is 1. The Hall–Kier alpha value is -1.78. The van der Waals surface area contributed by atoms with Crippen LogP contribution in [0.15, 0.2) is 42.5 Å². The molecule has 2 aromatic rings. The summed E-state index contributed by atoms with van der Waals surface area (Å²) in [6.07, 6.45) is 0. The number of halogens is 2. The maximum absolute atomic E-state index is 13.1. The van der Waals surface area contributed by atoms with Gasteiger partial charge in [-0.25, -0.2) is 4.39 Å². The average molecular weight is 310 g/mol. The van der Waals surface area contributed by atoms with Crippen molar-refractivity contribution in [2.45, 2.75) is 6.54 Å². The Balaban J connectivity index is 1.86. The molecule has 0 amide bonds. The van der Waals surface area contributed by atoms with Crippen molar-refractivity contribution >= 4 is 17.3 Å². The lowest BCUT2D eigenvalue weighted by Gasteiger charge is -2.09. The van der Waals surface area contributed by atoms with E-state index in [2.05, 4.69) is 5.32 Å². The molecule has 0 unspecified atom stereocenters. The van der Waals surface area contributed by atoms with Gasteiger partial charge in [-0.3, -0.25) is 0 Å². The SMILES string of the molecule is COCCOc1ccc(NCc2ccc(F)c(Cl)c2)cc1. The first-order valence-corrected chi connectivity index (χ1v) is 6.96. The van der Waals surface area contributed by atoms with Crippen LogP contribution in [-0.4, -0.2) is 20.3 Å². The van der Waals surface area contributed by atoms with Crippen LogP contribution < -0.4 is 10.1 Å². The molecule has 5 heteroatoms. The molecule has 0 spiro atoms. The first kappa shape index (κ1) is 15.6. The molecular formula is C16H17ClFNO2. The smallest absolute Gasteiger partial charge is 0.141 e. The molecule has 0 aliphatic rings. The number of benzene rings is 2. The Morgan fingerprint density at radius 2 is 1.86 bits per heavy atom. The summed E-state index contributed by atoms with van der Waals surface area (Å²) in [5.41, 5.74) is 1.87. The highest BCUT2D eigenvalue weighted by molar-refractivity contribution is 6.30. The minimum absolute atomic E-state index is 0.135. The van der Waals surface area contributed by atoms with E-state index in [-0.39, 0.29) is 5.02 Å². The summed E-state index contributed by atoms with van der Waals surface area (Å²) in [6.45, 7) is 1.66. The van der Waals surface area contributed by atoms with Crippen LogP contribution >= 0.6 is 11.6 Å². The van der Waals surface area contributed by atoms with Crippen LogP contribution in [0.4, 0.5) is 10.1 Å². The highest BCUT2D eigenvalue weighted by Gasteiger charge is 2.01. The zero-order valence-electron chi connectivity index (χ0n) is 11.7.